The molecule has 0 radical (unpaired) electrons. The minimum absolute atomic E-state index is 0.0171. The first kappa shape index (κ1) is 21.7. The molecule has 1 heterocycles. The maximum atomic E-state index is 12.7. The van der Waals surface area contributed by atoms with Crippen molar-refractivity contribution in [2.24, 2.45) is 0 Å². The molecule has 0 atom stereocenters. The van der Waals surface area contributed by atoms with Crippen molar-refractivity contribution in [1.82, 2.24) is 5.32 Å². The first-order valence-electron chi connectivity index (χ1n) is 11.3. The summed E-state index contributed by atoms with van der Waals surface area (Å²) in [7, 11) is 0. The molecule has 34 heavy (non-hydrogen) atoms. The number of carbonyl (C=O) groups excluding carboxylic acids is 2. The second-order valence-electron chi connectivity index (χ2n) is 8.45. The van der Waals surface area contributed by atoms with Gasteiger partial charge in [0.1, 0.15) is 6.61 Å². The molecule has 2 amide bonds. The number of carboxylic acid groups (broad SMARTS) is 1. The van der Waals surface area contributed by atoms with Crippen LogP contribution in [0.4, 0.5) is 10.5 Å². The Hall–Kier alpha value is -4.13. The van der Waals surface area contributed by atoms with Gasteiger partial charge in [0.2, 0.25) is 5.91 Å². The van der Waals surface area contributed by atoms with Crippen LogP contribution in [0.1, 0.15) is 39.4 Å². The molecule has 7 nitrogen and oxygen atoms in total. The molecule has 1 aliphatic heterocycles. The van der Waals surface area contributed by atoms with Gasteiger partial charge in [-0.3, -0.25) is 4.79 Å². The number of amides is 2. The van der Waals surface area contributed by atoms with E-state index < -0.39 is 12.1 Å². The van der Waals surface area contributed by atoms with E-state index in [1.54, 1.807) is 17.0 Å². The van der Waals surface area contributed by atoms with E-state index in [1.165, 1.54) is 17.2 Å². The highest BCUT2D eigenvalue weighted by Crippen LogP contribution is 2.44. The van der Waals surface area contributed by atoms with E-state index in [4.69, 9.17) is 9.84 Å². The molecule has 172 valence electrons. The van der Waals surface area contributed by atoms with Gasteiger partial charge in [-0.25, -0.2) is 9.59 Å². The summed E-state index contributed by atoms with van der Waals surface area (Å²) in [4.78, 5) is 37.8. The molecule has 0 saturated heterocycles. The summed E-state index contributed by atoms with van der Waals surface area (Å²) in [6.45, 7) is 0.885. The van der Waals surface area contributed by atoms with E-state index in [9.17, 15) is 14.4 Å². The van der Waals surface area contributed by atoms with Crippen LogP contribution in [0, 0.1) is 0 Å². The van der Waals surface area contributed by atoms with Gasteiger partial charge in [0.15, 0.2) is 0 Å². The summed E-state index contributed by atoms with van der Waals surface area (Å²) < 4.78 is 5.51. The number of fused-ring (bicyclic) bond motifs is 4. The quantitative estimate of drug-likeness (QED) is 0.580. The fourth-order valence-electron chi connectivity index (χ4n) is 4.85. The lowest BCUT2D eigenvalue weighted by Crippen LogP contribution is -2.34. The van der Waals surface area contributed by atoms with E-state index in [0.29, 0.717) is 13.0 Å². The Labute approximate surface area is 197 Å². The number of alkyl carbamates (subject to hydrolysis) is 1. The Bertz CT molecular complexity index is 1240. The zero-order valence-corrected chi connectivity index (χ0v) is 18.5. The number of nitrogens with zero attached hydrogens (tertiary/aromatic N) is 1. The van der Waals surface area contributed by atoms with Gasteiger partial charge >= 0.3 is 12.1 Å². The molecule has 3 aromatic rings. The average molecular weight is 456 g/mol. The van der Waals surface area contributed by atoms with Crippen LogP contribution >= 0.6 is 0 Å². The van der Waals surface area contributed by atoms with Crippen LogP contribution in [0.2, 0.25) is 0 Å². The number of carbonyl (C=O) groups is 3. The van der Waals surface area contributed by atoms with Crippen LogP contribution in [-0.4, -0.2) is 42.8 Å². The Morgan fingerprint density at radius 1 is 0.971 bits per heavy atom. The number of aromatic carboxylic acids is 1. The van der Waals surface area contributed by atoms with Crippen molar-refractivity contribution in [2.45, 2.75) is 18.8 Å². The first-order chi connectivity index (χ1) is 16.5. The Kier molecular flexibility index (Phi) is 5.76. The third-order valence-corrected chi connectivity index (χ3v) is 6.47. The first-order valence-corrected chi connectivity index (χ1v) is 11.3. The predicted octanol–water partition coefficient (Wildman–Crippen LogP) is 4.20. The van der Waals surface area contributed by atoms with Crippen molar-refractivity contribution >= 4 is 23.7 Å². The molecule has 0 bridgehead atoms. The Morgan fingerprint density at radius 3 is 2.32 bits per heavy atom. The Balaban J connectivity index is 1.14. The molecule has 1 aliphatic carbocycles. The van der Waals surface area contributed by atoms with Crippen molar-refractivity contribution in [2.75, 3.05) is 24.6 Å². The zero-order chi connectivity index (χ0) is 23.7. The van der Waals surface area contributed by atoms with E-state index in [-0.39, 0.29) is 37.0 Å². The maximum absolute atomic E-state index is 12.7. The van der Waals surface area contributed by atoms with Crippen LogP contribution in [0.3, 0.4) is 0 Å². The number of anilines is 1. The summed E-state index contributed by atoms with van der Waals surface area (Å²) in [5.41, 5.74) is 6.41. The van der Waals surface area contributed by atoms with Gasteiger partial charge in [-0.2, -0.15) is 0 Å². The standard InChI is InChI=1S/C27H24N2O5/c30-25(29-14-12-17-15-18(26(31)32)9-10-24(17)29)11-13-28-27(33)34-16-23-21-7-3-1-5-19(21)20-6-2-4-8-22(20)23/h1-10,15,23H,11-14,16H2,(H,28,33)(H,31,32). The summed E-state index contributed by atoms with van der Waals surface area (Å²) >= 11 is 0. The number of nitrogens with one attached hydrogen (secondary N) is 1. The van der Waals surface area contributed by atoms with E-state index in [1.807, 2.05) is 24.3 Å². The highest BCUT2D eigenvalue weighted by atomic mass is 16.5. The van der Waals surface area contributed by atoms with Gasteiger partial charge in [0, 0.05) is 31.1 Å². The molecule has 2 N–H and O–H groups in total. The molecule has 3 aromatic carbocycles. The number of hydrogen-bond donors (Lipinski definition) is 2. The van der Waals surface area contributed by atoms with Crippen molar-refractivity contribution in [1.29, 1.82) is 0 Å². The van der Waals surface area contributed by atoms with Crippen molar-refractivity contribution in [3.8, 4) is 11.1 Å². The van der Waals surface area contributed by atoms with Crippen LogP contribution < -0.4 is 10.2 Å². The molecule has 0 spiro atoms. The molecular formula is C27H24N2O5. The minimum atomic E-state index is -0.986. The third-order valence-electron chi connectivity index (χ3n) is 6.47. The second-order valence-corrected chi connectivity index (χ2v) is 8.45. The van der Waals surface area contributed by atoms with Crippen LogP contribution in [-0.2, 0) is 16.0 Å². The molecule has 7 heteroatoms. The van der Waals surface area contributed by atoms with Gasteiger partial charge in [-0.1, -0.05) is 48.5 Å². The molecule has 0 aromatic heterocycles. The van der Waals surface area contributed by atoms with Gasteiger partial charge in [-0.05, 0) is 52.4 Å². The van der Waals surface area contributed by atoms with Crippen molar-refractivity contribution in [3.63, 3.8) is 0 Å². The summed E-state index contributed by atoms with van der Waals surface area (Å²) in [5, 5.41) is 11.8. The van der Waals surface area contributed by atoms with Gasteiger partial charge < -0.3 is 20.1 Å². The van der Waals surface area contributed by atoms with Gasteiger partial charge in [0.05, 0.1) is 5.56 Å². The largest absolute Gasteiger partial charge is 0.478 e. The van der Waals surface area contributed by atoms with Gasteiger partial charge in [0.25, 0.3) is 0 Å². The van der Waals surface area contributed by atoms with Crippen molar-refractivity contribution in [3.05, 3.63) is 89.0 Å². The number of benzene rings is 3. The molecular weight excluding hydrogens is 432 g/mol. The summed E-state index contributed by atoms with van der Waals surface area (Å²) in [6, 6.07) is 21.1. The molecule has 0 saturated carbocycles. The highest BCUT2D eigenvalue weighted by molar-refractivity contribution is 5.97. The molecule has 0 unspecified atom stereocenters. The number of rotatable bonds is 6. The zero-order valence-electron chi connectivity index (χ0n) is 18.5. The Morgan fingerprint density at radius 2 is 1.65 bits per heavy atom. The van der Waals surface area contributed by atoms with Gasteiger partial charge in [-0.15, -0.1) is 0 Å². The topological polar surface area (TPSA) is 95.9 Å². The molecule has 5 rings (SSSR count). The van der Waals surface area contributed by atoms with Crippen LogP contribution in [0.25, 0.3) is 11.1 Å². The lowest BCUT2D eigenvalue weighted by molar-refractivity contribution is -0.118. The SMILES string of the molecule is O=C(NCCC(=O)N1CCc2cc(C(=O)O)ccc21)OCC1c2ccccc2-c2ccccc21. The van der Waals surface area contributed by atoms with Crippen LogP contribution in [0.15, 0.2) is 66.7 Å². The van der Waals surface area contributed by atoms with E-state index in [2.05, 4.69) is 29.6 Å². The van der Waals surface area contributed by atoms with E-state index >= 15 is 0 Å². The number of ether oxygens (including phenoxy) is 1. The highest BCUT2D eigenvalue weighted by Gasteiger charge is 2.29. The lowest BCUT2D eigenvalue weighted by atomic mass is 9.98. The van der Waals surface area contributed by atoms with Crippen LogP contribution in [0.5, 0.6) is 0 Å². The summed E-state index contributed by atoms with van der Waals surface area (Å²) in [5.74, 6) is -1.13. The van der Waals surface area contributed by atoms with E-state index in [0.717, 1.165) is 22.4 Å². The number of carboxylic acids is 1. The molecule has 2 aliphatic rings. The fourth-order valence-corrected chi connectivity index (χ4v) is 4.85. The lowest BCUT2D eigenvalue weighted by Gasteiger charge is -2.18. The van der Waals surface area contributed by atoms with Crippen molar-refractivity contribution < 1.29 is 24.2 Å². The molecule has 0 fully saturated rings. The minimum Gasteiger partial charge on any atom is -0.478 e. The second kappa shape index (κ2) is 9.02. The third kappa shape index (κ3) is 4.01. The normalized spacial score (nSPS) is 13.7. The number of hydrogen-bond acceptors (Lipinski definition) is 4. The predicted molar refractivity (Wildman–Crippen MR) is 127 cm³/mol. The summed E-state index contributed by atoms with van der Waals surface area (Å²) in [6.07, 6.45) is 0.189. The maximum Gasteiger partial charge on any atom is 0.407 e. The fraction of sp³-hybridized carbons (Fsp3) is 0.222. The smallest absolute Gasteiger partial charge is 0.407 e. The monoisotopic (exact) mass is 456 g/mol. The average Bonchev–Trinajstić information content (AvgIpc) is 3.41.